The first-order chi connectivity index (χ1) is 17.1. The van der Waals surface area contributed by atoms with Crippen LogP contribution >= 0.6 is 11.8 Å². The molecule has 1 heterocycles. The van der Waals surface area contributed by atoms with Gasteiger partial charge in [0.25, 0.3) is 0 Å². The summed E-state index contributed by atoms with van der Waals surface area (Å²) < 4.78 is 10.5. The van der Waals surface area contributed by atoms with Crippen LogP contribution < -0.4 is 10.6 Å². The van der Waals surface area contributed by atoms with Crippen LogP contribution in [0.4, 0.5) is 4.79 Å². The van der Waals surface area contributed by atoms with Gasteiger partial charge < -0.3 is 30.1 Å². The Balaban J connectivity index is 2.02. The third-order valence-corrected chi connectivity index (χ3v) is 6.09. The highest BCUT2D eigenvalue weighted by molar-refractivity contribution is 7.98. The number of esters is 1. The van der Waals surface area contributed by atoms with Gasteiger partial charge in [-0.1, -0.05) is 30.3 Å². The predicted molar refractivity (Wildman–Crippen MR) is 136 cm³/mol. The maximum atomic E-state index is 13.3. The van der Waals surface area contributed by atoms with Crippen molar-refractivity contribution in [1.29, 1.82) is 0 Å². The number of ether oxygens (including phenoxy) is 2. The molecule has 10 nitrogen and oxygen atoms in total. The summed E-state index contributed by atoms with van der Waals surface area (Å²) >= 11 is 1.53. The summed E-state index contributed by atoms with van der Waals surface area (Å²) in [5.74, 6) is -1.09. The second kappa shape index (κ2) is 14.1. The molecule has 0 spiro atoms. The minimum atomic E-state index is -1.26. The molecule has 3 amide bonds. The van der Waals surface area contributed by atoms with Crippen LogP contribution in [0.3, 0.4) is 0 Å². The molecule has 3 atom stereocenters. The molecule has 1 fully saturated rings. The molecule has 2 rings (SSSR count). The van der Waals surface area contributed by atoms with Gasteiger partial charge in [-0.15, -0.1) is 0 Å². The third kappa shape index (κ3) is 9.34. The van der Waals surface area contributed by atoms with Crippen molar-refractivity contribution in [2.75, 3.05) is 25.2 Å². The average molecular weight is 524 g/mol. The highest BCUT2D eigenvalue weighted by Crippen LogP contribution is 2.20. The summed E-state index contributed by atoms with van der Waals surface area (Å²) in [6.45, 7) is 4.90. The number of aliphatic hydroxyl groups is 1. The van der Waals surface area contributed by atoms with Crippen LogP contribution in [-0.4, -0.2) is 82.8 Å². The Morgan fingerprint density at radius 3 is 2.44 bits per heavy atom. The number of amides is 3. The molecule has 0 aliphatic carbocycles. The zero-order chi connectivity index (χ0) is 26.7. The van der Waals surface area contributed by atoms with Crippen molar-refractivity contribution in [3.05, 3.63) is 35.9 Å². The highest BCUT2D eigenvalue weighted by atomic mass is 32.2. The Bertz CT molecular complexity index is 891. The maximum Gasteiger partial charge on any atom is 0.408 e. The summed E-state index contributed by atoms with van der Waals surface area (Å²) in [5.41, 5.74) is 0.0528. The molecule has 0 radical (unpaired) electrons. The molecule has 1 saturated heterocycles. The van der Waals surface area contributed by atoms with E-state index in [9.17, 15) is 24.3 Å². The molecule has 36 heavy (non-hydrogen) atoms. The first-order valence-corrected chi connectivity index (χ1v) is 13.4. The number of nitrogens with one attached hydrogen (secondary N) is 2. The van der Waals surface area contributed by atoms with Crippen LogP contribution in [0.15, 0.2) is 30.3 Å². The molecule has 0 unspecified atom stereocenters. The number of benzene rings is 1. The molecule has 3 N–H and O–H groups in total. The van der Waals surface area contributed by atoms with Gasteiger partial charge in [0.15, 0.2) is 6.04 Å². The summed E-state index contributed by atoms with van der Waals surface area (Å²) in [6.07, 6.45) is 2.55. The van der Waals surface area contributed by atoms with Gasteiger partial charge in [-0.2, -0.15) is 11.8 Å². The molecule has 0 aromatic heterocycles. The number of hydrogen-bond acceptors (Lipinski definition) is 8. The normalized spacial score (nSPS) is 17.1. The number of thioether (sulfide) groups is 1. The lowest BCUT2D eigenvalue weighted by molar-refractivity contribution is -0.151. The number of aliphatic hydroxyl groups excluding tert-OH is 1. The SMILES string of the molecule is CSCC[C@H](NC(=O)OC(C)(C)C)C(=O)N1CCC[C@H]1C(=O)N[C@@H](CO)C(=O)OCc1ccccc1. The second-order valence-corrected chi connectivity index (χ2v) is 10.5. The summed E-state index contributed by atoms with van der Waals surface area (Å²) in [7, 11) is 0. The largest absolute Gasteiger partial charge is 0.459 e. The standard InChI is InChI=1S/C25H37N3O7S/c1-25(2,3)35-24(33)27-18(12-14-36-4)22(31)28-13-8-11-20(28)21(30)26-19(15-29)23(32)34-16-17-9-6-5-7-10-17/h5-7,9-10,18-20,29H,8,11-16H2,1-4H3,(H,26,30)(H,27,33)/t18-,19-,20-/m0/s1. The van der Waals surface area contributed by atoms with Gasteiger partial charge >= 0.3 is 12.1 Å². The maximum absolute atomic E-state index is 13.3. The van der Waals surface area contributed by atoms with E-state index in [0.717, 1.165) is 5.56 Å². The Morgan fingerprint density at radius 1 is 1.14 bits per heavy atom. The first kappa shape index (κ1) is 29.4. The molecule has 1 aromatic carbocycles. The van der Waals surface area contributed by atoms with E-state index in [4.69, 9.17) is 9.47 Å². The molecule has 200 valence electrons. The van der Waals surface area contributed by atoms with Crippen molar-refractivity contribution in [2.45, 2.75) is 70.4 Å². The lowest BCUT2D eigenvalue weighted by Crippen LogP contribution is -2.56. The van der Waals surface area contributed by atoms with Crippen LogP contribution in [0.1, 0.15) is 45.6 Å². The fraction of sp³-hybridized carbons (Fsp3) is 0.600. The number of rotatable bonds is 11. The molecule has 1 aromatic rings. The van der Waals surface area contributed by atoms with Crippen molar-refractivity contribution in [3.8, 4) is 0 Å². The molecular weight excluding hydrogens is 486 g/mol. The lowest BCUT2D eigenvalue weighted by atomic mass is 10.1. The average Bonchev–Trinajstić information content (AvgIpc) is 3.32. The Hall–Kier alpha value is -2.79. The molecule has 0 saturated carbocycles. The first-order valence-electron chi connectivity index (χ1n) is 12.0. The van der Waals surface area contributed by atoms with Gasteiger partial charge in [-0.05, 0) is 57.6 Å². The second-order valence-electron chi connectivity index (χ2n) is 9.51. The molecule has 11 heteroatoms. The predicted octanol–water partition coefficient (Wildman–Crippen LogP) is 1.84. The third-order valence-electron chi connectivity index (χ3n) is 5.45. The van der Waals surface area contributed by atoms with E-state index in [2.05, 4.69) is 10.6 Å². The van der Waals surface area contributed by atoms with Gasteiger partial charge in [-0.25, -0.2) is 9.59 Å². The summed E-state index contributed by atoms with van der Waals surface area (Å²) in [6, 6.07) is 6.10. The smallest absolute Gasteiger partial charge is 0.408 e. The summed E-state index contributed by atoms with van der Waals surface area (Å²) in [4.78, 5) is 52.5. The van der Waals surface area contributed by atoms with Crippen molar-refractivity contribution >= 4 is 35.6 Å². The minimum Gasteiger partial charge on any atom is -0.459 e. The van der Waals surface area contributed by atoms with E-state index in [0.29, 0.717) is 31.6 Å². The van der Waals surface area contributed by atoms with E-state index < -0.39 is 48.3 Å². The molecule has 1 aliphatic rings. The number of likely N-dealkylation sites (tertiary alicyclic amines) is 1. The summed E-state index contributed by atoms with van der Waals surface area (Å²) in [5, 5.41) is 14.8. The number of nitrogens with zero attached hydrogens (tertiary/aromatic N) is 1. The Kier molecular flexibility index (Phi) is 11.5. The number of carbonyl (C=O) groups excluding carboxylic acids is 4. The van der Waals surface area contributed by atoms with Gasteiger partial charge in [0.2, 0.25) is 11.8 Å². The molecular formula is C25H37N3O7S. The minimum absolute atomic E-state index is 0.00748. The number of carbonyl (C=O) groups is 4. The number of alkyl carbamates (subject to hydrolysis) is 1. The quantitative estimate of drug-likeness (QED) is 0.374. The zero-order valence-electron chi connectivity index (χ0n) is 21.3. The monoisotopic (exact) mass is 523 g/mol. The fourth-order valence-electron chi connectivity index (χ4n) is 3.72. The van der Waals surface area contributed by atoms with Gasteiger partial charge in [0.05, 0.1) is 6.61 Å². The fourth-order valence-corrected chi connectivity index (χ4v) is 4.19. The van der Waals surface area contributed by atoms with Gasteiger partial charge in [-0.3, -0.25) is 9.59 Å². The Morgan fingerprint density at radius 2 is 1.83 bits per heavy atom. The van der Waals surface area contributed by atoms with Crippen molar-refractivity contribution in [1.82, 2.24) is 15.5 Å². The van der Waals surface area contributed by atoms with Crippen LogP contribution in [0.2, 0.25) is 0 Å². The highest BCUT2D eigenvalue weighted by Gasteiger charge is 2.39. The van der Waals surface area contributed by atoms with Crippen LogP contribution in [0, 0.1) is 0 Å². The van der Waals surface area contributed by atoms with Crippen molar-refractivity contribution in [2.24, 2.45) is 0 Å². The van der Waals surface area contributed by atoms with E-state index >= 15 is 0 Å². The molecule has 0 bridgehead atoms. The van der Waals surface area contributed by atoms with E-state index in [1.807, 2.05) is 24.5 Å². The van der Waals surface area contributed by atoms with Crippen LogP contribution in [-0.2, 0) is 30.5 Å². The van der Waals surface area contributed by atoms with Crippen LogP contribution in [0.25, 0.3) is 0 Å². The van der Waals surface area contributed by atoms with E-state index in [1.165, 1.54) is 16.7 Å². The van der Waals surface area contributed by atoms with E-state index in [-0.39, 0.29) is 12.5 Å². The lowest BCUT2D eigenvalue weighted by Gasteiger charge is -2.30. The van der Waals surface area contributed by atoms with Gasteiger partial charge in [0, 0.05) is 6.54 Å². The topological polar surface area (TPSA) is 134 Å². The molecule has 1 aliphatic heterocycles. The zero-order valence-corrected chi connectivity index (χ0v) is 22.1. The number of hydrogen-bond donors (Lipinski definition) is 3. The van der Waals surface area contributed by atoms with E-state index in [1.54, 1.807) is 32.9 Å². The van der Waals surface area contributed by atoms with Crippen LogP contribution in [0.5, 0.6) is 0 Å². The Labute approximate surface area is 216 Å². The van der Waals surface area contributed by atoms with Crippen molar-refractivity contribution in [3.63, 3.8) is 0 Å². The van der Waals surface area contributed by atoms with Crippen molar-refractivity contribution < 1.29 is 33.8 Å². The van der Waals surface area contributed by atoms with Gasteiger partial charge in [0.1, 0.15) is 24.3 Å².